The Morgan fingerprint density at radius 1 is 1.16 bits per heavy atom. The molecule has 1 saturated heterocycles. The van der Waals surface area contributed by atoms with E-state index in [0.717, 1.165) is 18.2 Å². The number of nitrogens with one attached hydrogen (secondary N) is 1. The molecule has 1 fully saturated rings. The van der Waals surface area contributed by atoms with Crippen molar-refractivity contribution in [1.29, 1.82) is 0 Å². The second-order valence-corrected chi connectivity index (χ2v) is 6.38. The Morgan fingerprint density at radius 2 is 1.92 bits per heavy atom. The third-order valence-electron chi connectivity index (χ3n) is 4.62. The molecule has 6 heteroatoms. The van der Waals surface area contributed by atoms with Crippen LogP contribution in [-0.2, 0) is 4.79 Å². The lowest BCUT2D eigenvalue weighted by Crippen LogP contribution is -2.32. The summed E-state index contributed by atoms with van der Waals surface area (Å²) in [6.45, 7) is 2.08. The summed E-state index contributed by atoms with van der Waals surface area (Å²) in [6, 6.07) is 13.1. The van der Waals surface area contributed by atoms with Gasteiger partial charge < -0.3 is 11.1 Å². The fraction of sp³-hybridized carbons (Fsp3) is 0.316. The van der Waals surface area contributed by atoms with Crippen molar-refractivity contribution in [3.05, 3.63) is 65.7 Å². The smallest absolute Gasteiger partial charge is 0.238 e. The lowest BCUT2D eigenvalue weighted by molar-refractivity contribution is -0.117. The van der Waals surface area contributed by atoms with Gasteiger partial charge in [-0.2, -0.15) is 0 Å². The van der Waals surface area contributed by atoms with Crippen LogP contribution in [0.4, 0.5) is 14.5 Å². The number of hydrogen-bond acceptors (Lipinski definition) is 3. The largest absolute Gasteiger partial charge is 0.330 e. The molecule has 0 radical (unpaired) electrons. The van der Waals surface area contributed by atoms with E-state index in [1.54, 1.807) is 0 Å². The zero-order valence-corrected chi connectivity index (χ0v) is 13.8. The molecule has 0 aromatic heterocycles. The van der Waals surface area contributed by atoms with Gasteiger partial charge >= 0.3 is 0 Å². The van der Waals surface area contributed by atoms with Crippen molar-refractivity contribution in [2.75, 3.05) is 31.5 Å². The molecule has 0 aliphatic carbocycles. The second kappa shape index (κ2) is 7.72. The lowest BCUT2D eigenvalue weighted by Gasteiger charge is -2.16. The van der Waals surface area contributed by atoms with E-state index in [9.17, 15) is 13.6 Å². The van der Waals surface area contributed by atoms with E-state index in [0.29, 0.717) is 19.6 Å². The summed E-state index contributed by atoms with van der Waals surface area (Å²) in [5.41, 5.74) is 6.96. The van der Waals surface area contributed by atoms with E-state index in [1.807, 2.05) is 23.1 Å². The van der Waals surface area contributed by atoms with Crippen molar-refractivity contribution in [1.82, 2.24) is 4.90 Å². The summed E-state index contributed by atoms with van der Waals surface area (Å²) in [7, 11) is 0. The highest BCUT2D eigenvalue weighted by atomic mass is 19.1. The molecule has 2 aromatic rings. The molecule has 1 amide bonds. The monoisotopic (exact) mass is 345 g/mol. The van der Waals surface area contributed by atoms with Gasteiger partial charge in [-0.15, -0.1) is 0 Å². The minimum atomic E-state index is -0.654. The van der Waals surface area contributed by atoms with E-state index in [-0.39, 0.29) is 30.0 Å². The molecular weight excluding hydrogens is 324 g/mol. The predicted molar refractivity (Wildman–Crippen MR) is 93.2 cm³/mol. The molecule has 3 N–H and O–H groups in total. The number of hydrogen-bond donors (Lipinski definition) is 2. The van der Waals surface area contributed by atoms with E-state index in [4.69, 9.17) is 5.73 Å². The quantitative estimate of drug-likeness (QED) is 0.876. The van der Waals surface area contributed by atoms with Crippen molar-refractivity contribution in [2.45, 2.75) is 5.92 Å². The van der Waals surface area contributed by atoms with Crippen LogP contribution in [0.1, 0.15) is 11.5 Å². The van der Waals surface area contributed by atoms with Crippen molar-refractivity contribution in [3.63, 3.8) is 0 Å². The highest BCUT2D eigenvalue weighted by Crippen LogP contribution is 2.31. The van der Waals surface area contributed by atoms with E-state index < -0.39 is 11.6 Å². The summed E-state index contributed by atoms with van der Waals surface area (Å²) < 4.78 is 26.8. The van der Waals surface area contributed by atoms with Crippen molar-refractivity contribution >= 4 is 11.6 Å². The summed E-state index contributed by atoms with van der Waals surface area (Å²) >= 11 is 0. The number of anilines is 1. The predicted octanol–water partition coefficient (Wildman–Crippen LogP) is 2.58. The van der Waals surface area contributed by atoms with Crippen molar-refractivity contribution in [2.24, 2.45) is 11.7 Å². The Labute approximate surface area is 145 Å². The Bertz CT molecular complexity index is 739. The standard InChI is InChI=1S/C19H21F2N3O/c20-15-6-7-17(21)18(8-15)23-19(25)12-24-10-14(9-22)16(11-24)13-4-2-1-3-5-13/h1-8,14,16H,9-12,22H2,(H,23,25)/t14-,16+/m1/s1. The van der Waals surface area contributed by atoms with Crippen molar-refractivity contribution in [3.8, 4) is 0 Å². The van der Waals surface area contributed by atoms with Gasteiger partial charge in [0.05, 0.1) is 12.2 Å². The summed E-state index contributed by atoms with van der Waals surface area (Å²) in [4.78, 5) is 14.2. The van der Waals surface area contributed by atoms with E-state index >= 15 is 0 Å². The number of carbonyl (C=O) groups is 1. The van der Waals surface area contributed by atoms with Crippen LogP contribution in [-0.4, -0.2) is 37.0 Å². The molecule has 1 aliphatic heterocycles. The normalized spacial score (nSPS) is 20.6. The number of rotatable bonds is 5. The van der Waals surface area contributed by atoms with Gasteiger partial charge in [0.1, 0.15) is 11.6 Å². The minimum Gasteiger partial charge on any atom is -0.330 e. The molecule has 132 valence electrons. The number of benzene rings is 2. The highest BCUT2D eigenvalue weighted by molar-refractivity contribution is 5.92. The van der Waals surface area contributed by atoms with Crippen LogP contribution < -0.4 is 11.1 Å². The highest BCUT2D eigenvalue weighted by Gasteiger charge is 2.33. The van der Waals surface area contributed by atoms with Crippen LogP contribution in [0.5, 0.6) is 0 Å². The van der Waals surface area contributed by atoms with Gasteiger partial charge in [-0.3, -0.25) is 9.69 Å². The zero-order valence-electron chi connectivity index (χ0n) is 13.8. The Hall–Kier alpha value is -2.31. The number of amides is 1. The van der Waals surface area contributed by atoms with Gasteiger partial charge in [0.25, 0.3) is 0 Å². The Kier molecular flexibility index (Phi) is 5.40. The maximum Gasteiger partial charge on any atom is 0.238 e. The van der Waals surface area contributed by atoms with Crippen LogP contribution in [0.15, 0.2) is 48.5 Å². The van der Waals surface area contributed by atoms with Crippen LogP contribution in [0.25, 0.3) is 0 Å². The first-order chi connectivity index (χ1) is 12.1. The van der Waals surface area contributed by atoms with Gasteiger partial charge in [0, 0.05) is 25.1 Å². The zero-order chi connectivity index (χ0) is 17.8. The Morgan fingerprint density at radius 3 is 2.64 bits per heavy atom. The van der Waals surface area contributed by atoms with Gasteiger partial charge in [-0.25, -0.2) is 8.78 Å². The van der Waals surface area contributed by atoms with Crippen LogP contribution in [0, 0.1) is 17.6 Å². The van der Waals surface area contributed by atoms with E-state index in [1.165, 1.54) is 5.56 Å². The van der Waals surface area contributed by atoms with E-state index in [2.05, 4.69) is 17.4 Å². The summed E-state index contributed by atoms with van der Waals surface area (Å²) in [5.74, 6) is -1.08. The molecule has 3 rings (SSSR count). The third-order valence-corrected chi connectivity index (χ3v) is 4.62. The molecule has 1 aliphatic rings. The lowest BCUT2D eigenvalue weighted by atomic mass is 9.89. The van der Waals surface area contributed by atoms with Crippen molar-refractivity contribution < 1.29 is 13.6 Å². The summed E-state index contributed by atoms with van der Waals surface area (Å²) in [6.07, 6.45) is 0. The molecule has 2 aromatic carbocycles. The molecule has 0 bridgehead atoms. The number of nitrogens with two attached hydrogens (primary N) is 1. The molecule has 1 heterocycles. The molecule has 0 spiro atoms. The maximum atomic E-state index is 13.6. The first-order valence-corrected chi connectivity index (χ1v) is 8.29. The van der Waals surface area contributed by atoms with Crippen LogP contribution >= 0.6 is 0 Å². The molecule has 2 atom stereocenters. The SMILES string of the molecule is NC[C@@H]1CN(CC(=O)Nc2cc(F)ccc2F)C[C@H]1c1ccccc1. The first-order valence-electron chi connectivity index (χ1n) is 8.29. The van der Waals surface area contributed by atoms with Crippen LogP contribution in [0.2, 0.25) is 0 Å². The second-order valence-electron chi connectivity index (χ2n) is 6.38. The van der Waals surface area contributed by atoms with Gasteiger partial charge in [-0.1, -0.05) is 30.3 Å². The van der Waals surface area contributed by atoms with Gasteiger partial charge in [0.2, 0.25) is 5.91 Å². The van der Waals surface area contributed by atoms with Gasteiger partial charge in [-0.05, 0) is 30.2 Å². The molecule has 25 heavy (non-hydrogen) atoms. The fourth-order valence-electron chi connectivity index (χ4n) is 3.39. The van der Waals surface area contributed by atoms with Gasteiger partial charge in [0.15, 0.2) is 0 Å². The Balaban J connectivity index is 1.63. The van der Waals surface area contributed by atoms with Crippen LogP contribution in [0.3, 0.4) is 0 Å². The summed E-state index contributed by atoms with van der Waals surface area (Å²) in [5, 5.41) is 2.44. The number of nitrogens with zero attached hydrogens (tertiary/aromatic N) is 1. The third kappa shape index (κ3) is 4.21. The molecule has 0 unspecified atom stereocenters. The number of likely N-dealkylation sites (tertiary alicyclic amines) is 1. The average Bonchev–Trinajstić information content (AvgIpc) is 3.01. The molecule has 4 nitrogen and oxygen atoms in total. The average molecular weight is 345 g/mol. The first kappa shape index (κ1) is 17.5. The molecule has 0 saturated carbocycles. The minimum absolute atomic E-state index is 0.121. The fourth-order valence-corrected chi connectivity index (χ4v) is 3.39. The topological polar surface area (TPSA) is 58.4 Å². The maximum absolute atomic E-state index is 13.6. The number of halogens is 2. The molecular formula is C19H21F2N3O. The number of carbonyl (C=O) groups excluding carboxylic acids is 1.